The molecule has 0 amide bonds. The van der Waals surface area contributed by atoms with Crippen molar-refractivity contribution in [1.29, 1.82) is 0 Å². The van der Waals surface area contributed by atoms with Gasteiger partial charge in [-0.05, 0) is 24.3 Å². The first-order chi connectivity index (χ1) is 9.73. The lowest BCUT2D eigenvalue weighted by Crippen LogP contribution is -2.27. The predicted molar refractivity (Wildman–Crippen MR) is 72.8 cm³/mol. The molecule has 21 heavy (non-hydrogen) atoms. The molecule has 112 valence electrons. The van der Waals surface area contributed by atoms with Gasteiger partial charge in [0.1, 0.15) is 22.3 Å². The summed E-state index contributed by atoms with van der Waals surface area (Å²) >= 11 is 0. The first-order valence-electron chi connectivity index (χ1n) is 5.72. The molecule has 0 aliphatic carbocycles. The monoisotopic (exact) mass is 316 g/mol. The summed E-state index contributed by atoms with van der Waals surface area (Å²) in [5.41, 5.74) is 4.76. The number of hydrogen-bond donors (Lipinski definition) is 1. The van der Waals surface area contributed by atoms with Gasteiger partial charge in [0.05, 0.1) is 11.4 Å². The lowest BCUT2D eigenvalue weighted by Gasteiger charge is -2.20. The normalized spacial score (nSPS) is 11.4. The van der Waals surface area contributed by atoms with Gasteiger partial charge in [-0.15, -0.1) is 0 Å². The minimum absolute atomic E-state index is 0.00250. The van der Waals surface area contributed by atoms with Gasteiger partial charge in [0.15, 0.2) is 0 Å². The lowest BCUT2D eigenvalue weighted by molar-refractivity contribution is 0.550. The topological polar surface area (TPSA) is 63.4 Å². The molecule has 0 aliphatic heterocycles. The molecule has 0 saturated heterocycles. The zero-order valence-electron chi connectivity index (χ0n) is 10.8. The van der Waals surface area contributed by atoms with Crippen LogP contribution in [0.15, 0.2) is 41.3 Å². The van der Waals surface area contributed by atoms with E-state index in [0.717, 1.165) is 19.2 Å². The second-order valence-electron chi connectivity index (χ2n) is 4.26. The molecular formula is C13H11F3N2O2S. The molecule has 0 heterocycles. The van der Waals surface area contributed by atoms with Crippen LogP contribution in [0.3, 0.4) is 0 Å². The minimum atomic E-state index is -4.33. The van der Waals surface area contributed by atoms with Crippen molar-refractivity contribution in [3.8, 4) is 0 Å². The van der Waals surface area contributed by atoms with Gasteiger partial charge in [0.25, 0.3) is 10.0 Å². The van der Waals surface area contributed by atoms with Gasteiger partial charge in [-0.25, -0.2) is 21.6 Å². The van der Waals surface area contributed by atoms with E-state index in [0.29, 0.717) is 16.4 Å². The molecule has 0 fully saturated rings. The first kappa shape index (κ1) is 15.2. The highest BCUT2D eigenvalue weighted by Crippen LogP contribution is 2.27. The maximum absolute atomic E-state index is 13.7. The molecule has 2 N–H and O–H groups in total. The number of benzene rings is 2. The summed E-state index contributed by atoms with van der Waals surface area (Å²) in [5.74, 6) is -2.97. The Bertz CT molecular complexity index is 794. The van der Waals surface area contributed by atoms with Crippen molar-refractivity contribution >= 4 is 21.4 Å². The van der Waals surface area contributed by atoms with Gasteiger partial charge < -0.3 is 5.73 Å². The van der Waals surface area contributed by atoms with Crippen LogP contribution in [0.2, 0.25) is 0 Å². The first-order valence-corrected chi connectivity index (χ1v) is 7.16. The Labute approximate surface area is 119 Å². The second-order valence-corrected chi connectivity index (χ2v) is 6.19. The number of nitrogens with two attached hydrogens (primary N) is 1. The molecule has 0 atom stereocenters. The third kappa shape index (κ3) is 2.80. The molecule has 2 aromatic carbocycles. The fourth-order valence-corrected chi connectivity index (χ4v) is 2.97. The molecule has 0 aromatic heterocycles. The molecule has 4 nitrogen and oxygen atoms in total. The Morgan fingerprint density at radius 3 is 2.33 bits per heavy atom. The summed E-state index contributed by atoms with van der Waals surface area (Å²) in [6.07, 6.45) is 0. The largest absolute Gasteiger partial charge is 0.396 e. The van der Waals surface area contributed by atoms with Crippen LogP contribution in [0.5, 0.6) is 0 Å². The number of hydrogen-bond acceptors (Lipinski definition) is 3. The molecular weight excluding hydrogens is 305 g/mol. The second kappa shape index (κ2) is 5.28. The molecule has 0 unspecified atom stereocenters. The van der Waals surface area contributed by atoms with Gasteiger partial charge in [0, 0.05) is 13.1 Å². The molecule has 0 radical (unpaired) electrons. The van der Waals surface area contributed by atoms with E-state index >= 15 is 0 Å². The van der Waals surface area contributed by atoms with Crippen molar-refractivity contribution < 1.29 is 21.6 Å². The zero-order chi connectivity index (χ0) is 15.8. The van der Waals surface area contributed by atoms with Crippen LogP contribution in [0.25, 0.3) is 0 Å². The SMILES string of the molecule is CN(c1cccc(F)c1)S(=O)(=O)c1cc(N)c(F)cc1F. The van der Waals surface area contributed by atoms with Crippen molar-refractivity contribution in [1.82, 2.24) is 0 Å². The number of rotatable bonds is 3. The molecule has 2 aromatic rings. The predicted octanol–water partition coefficient (Wildman–Crippen LogP) is 2.51. The lowest BCUT2D eigenvalue weighted by atomic mass is 10.3. The van der Waals surface area contributed by atoms with E-state index < -0.39 is 38.1 Å². The highest BCUT2D eigenvalue weighted by atomic mass is 32.2. The van der Waals surface area contributed by atoms with Crippen LogP contribution in [0.4, 0.5) is 24.5 Å². The summed E-state index contributed by atoms with van der Waals surface area (Å²) in [6, 6.07) is 5.84. The standard InChI is InChI=1S/C13H11F3N2O2S/c1-18(9-4-2-3-8(14)5-9)21(19,20)13-7-12(17)10(15)6-11(13)16/h2-7H,17H2,1H3. The van der Waals surface area contributed by atoms with E-state index in [1.54, 1.807) is 0 Å². The maximum Gasteiger partial charge on any atom is 0.267 e. The summed E-state index contributed by atoms with van der Waals surface area (Å²) in [6.45, 7) is 0. The van der Waals surface area contributed by atoms with Gasteiger partial charge >= 0.3 is 0 Å². The maximum atomic E-state index is 13.7. The summed E-state index contributed by atoms with van der Waals surface area (Å²) in [7, 11) is -3.21. The van der Waals surface area contributed by atoms with E-state index in [9.17, 15) is 21.6 Å². The number of nitrogen functional groups attached to an aromatic ring is 1. The molecule has 0 aliphatic rings. The Hall–Kier alpha value is -2.22. The van der Waals surface area contributed by atoms with E-state index in [1.165, 1.54) is 12.1 Å². The average molecular weight is 316 g/mol. The Morgan fingerprint density at radius 2 is 1.71 bits per heavy atom. The average Bonchev–Trinajstić information content (AvgIpc) is 2.41. The van der Waals surface area contributed by atoms with E-state index in [4.69, 9.17) is 5.73 Å². The van der Waals surface area contributed by atoms with Crippen LogP contribution < -0.4 is 10.0 Å². The van der Waals surface area contributed by atoms with E-state index in [-0.39, 0.29) is 5.69 Å². The Morgan fingerprint density at radius 1 is 1.05 bits per heavy atom. The smallest absolute Gasteiger partial charge is 0.267 e. The molecule has 0 spiro atoms. The highest BCUT2D eigenvalue weighted by Gasteiger charge is 2.26. The number of halogens is 3. The van der Waals surface area contributed by atoms with E-state index in [2.05, 4.69) is 0 Å². The van der Waals surface area contributed by atoms with Crippen molar-refractivity contribution in [3.63, 3.8) is 0 Å². The number of anilines is 2. The fraction of sp³-hybridized carbons (Fsp3) is 0.0769. The Kier molecular flexibility index (Phi) is 3.82. The zero-order valence-corrected chi connectivity index (χ0v) is 11.7. The van der Waals surface area contributed by atoms with Crippen LogP contribution in [0, 0.1) is 17.5 Å². The van der Waals surface area contributed by atoms with Crippen LogP contribution in [-0.4, -0.2) is 15.5 Å². The molecule has 8 heteroatoms. The van der Waals surface area contributed by atoms with Gasteiger partial charge in [-0.1, -0.05) is 6.07 Å². The van der Waals surface area contributed by atoms with Crippen molar-refractivity contribution in [2.45, 2.75) is 4.90 Å². The fourth-order valence-electron chi connectivity index (χ4n) is 1.70. The Balaban J connectivity index is 2.54. The number of nitrogens with zero attached hydrogens (tertiary/aromatic N) is 1. The van der Waals surface area contributed by atoms with Gasteiger partial charge in [-0.2, -0.15) is 0 Å². The van der Waals surface area contributed by atoms with E-state index in [1.807, 2.05) is 0 Å². The molecule has 2 rings (SSSR count). The quantitative estimate of drug-likeness (QED) is 0.885. The van der Waals surface area contributed by atoms with Gasteiger partial charge in [0.2, 0.25) is 0 Å². The minimum Gasteiger partial charge on any atom is -0.396 e. The van der Waals surface area contributed by atoms with Crippen LogP contribution >= 0.6 is 0 Å². The number of sulfonamides is 1. The summed E-state index contributed by atoms with van der Waals surface area (Å²) < 4.78 is 65.3. The van der Waals surface area contributed by atoms with Crippen molar-refractivity contribution in [3.05, 3.63) is 53.8 Å². The third-order valence-electron chi connectivity index (χ3n) is 2.86. The van der Waals surface area contributed by atoms with Gasteiger partial charge in [-0.3, -0.25) is 4.31 Å². The van der Waals surface area contributed by atoms with Crippen LogP contribution in [-0.2, 0) is 10.0 Å². The van der Waals surface area contributed by atoms with Crippen molar-refractivity contribution in [2.75, 3.05) is 17.1 Å². The third-order valence-corrected chi connectivity index (χ3v) is 4.66. The molecule has 0 saturated carbocycles. The highest BCUT2D eigenvalue weighted by molar-refractivity contribution is 7.92. The molecule has 0 bridgehead atoms. The summed E-state index contributed by atoms with van der Waals surface area (Å²) in [4.78, 5) is -0.784. The van der Waals surface area contributed by atoms with Crippen molar-refractivity contribution in [2.24, 2.45) is 0 Å². The van der Waals surface area contributed by atoms with Crippen LogP contribution in [0.1, 0.15) is 0 Å². The summed E-state index contributed by atoms with van der Waals surface area (Å²) in [5, 5.41) is 0.